The van der Waals surface area contributed by atoms with Crippen LogP contribution in [0.3, 0.4) is 0 Å². The van der Waals surface area contributed by atoms with E-state index in [1.807, 2.05) is 35.6 Å². The normalized spacial score (nSPS) is 11.9. The SMILES string of the molecule is c1ccc(-c2cc(-c3nc4ccccc4nc3-c3ccccc3)ccc2-n2c3ccccc3c3c4c5ccccc5sc4c4c5ccccc5n(-c5ccccc5)c4c32)cc1. The molecule has 4 heterocycles. The minimum Gasteiger partial charge on any atom is -0.307 e. The summed E-state index contributed by atoms with van der Waals surface area (Å²) in [6, 6.07) is 74.0. The second kappa shape index (κ2) is 13.3. The Kier molecular flexibility index (Phi) is 7.44. The van der Waals surface area contributed by atoms with Crippen molar-refractivity contribution in [3.8, 4) is 45.0 Å². The minimum absolute atomic E-state index is 0.855. The molecule has 0 aliphatic rings. The van der Waals surface area contributed by atoms with Gasteiger partial charge in [-0.3, -0.25) is 0 Å². The molecule has 61 heavy (non-hydrogen) atoms. The molecule has 0 bridgehead atoms. The van der Waals surface area contributed by atoms with Crippen molar-refractivity contribution in [3.63, 3.8) is 0 Å². The predicted molar refractivity (Wildman–Crippen MR) is 257 cm³/mol. The number of benzene rings is 9. The molecule has 0 atom stereocenters. The maximum absolute atomic E-state index is 5.34. The highest BCUT2D eigenvalue weighted by Crippen LogP contribution is 2.52. The summed E-state index contributed by atoms with van der Waals surface area (Å²) in [6.45, 7) is 0. The Morgan fingerprint density at radius 2 is 0.902 bits per heavy atom. The molecule has 0 fully saturated rings. The first-order chi connectivity index (χ1) is 30.3. The van der Waals surface area contributed by atoms with E-state index < -0.39 is 0 Å². The molecule has 0 spiro atoms. The highest BCUT2D eigenvalue weighted by molar-refractivity contribution is 7.27. The Bertz CT molecular complexity index is 3860. The molecule has 284 valence electrons. The van der Waals surface area contributed by atoms with E-state index in [9.17, 15) is 0 Å². The van der Waals surface area contributed by atoms with Gasteiger partial charge in [0.25, 0.3) is 0 Å². The molecule has 0 unspecified atom stereocenters. The van der Waals surface area contributed by atoms with Gasteiger partial charge in [-0.1, -0.05) is 152 Å². The molecule has 9 aromatic carbocycles. The predicted octanol–water partition coefficient (Wildman–Crippen LogP) is 15.2. The summed E-state index contributed by atoms with van der Waals surface area (Å²) >= 11 is 1.91. The van der Waals surface area contributed by atoms with Crippen LogP contribution in [-0.4, -0.2) is 19.1 Å². The van der Waals surface area contributed by atoms with Gasteiger partial charge in [0.2, 0.25) is 0 Å². The highest BCUT2D eigenvalue weighted by atomic mass is 32.1. The summed E-state index contributed by atoms with van der Waals surface area (Å²) < 4.78 is 7.66. The van der Waals surface area contributed by atoms with Gasteiger partial charge in [0.05, 0.1) is 50.2 Å². The smallest absolute Gasteiger partial charge is 0.0973 e. The van der Waals surface area contributed by atoms with E-state index in [1.165, 1.54) is 58.3 Å². The fourth-order valence-electron chi connectivity index (χ4n) is 9.70. The van der Waals surface area contributed by atoms with E-state index >= 15 is 0 Å². The summed E-state index contributed by atoms with van der Waals surface area (Å²) in [5.74, 6) is 0. The number of hydrogen-bond donors (Lipinski definition) is 0. The van der Waals surface area contributed by atoms with Crippen molar-refractivity contribution in [2.45, 2.75) is 0 Å². The van der Waals surface area contributed by atoms with Gasteiger partial charge in [0.15, 0.2) is 0 Å². The largest absolute Gasteiger partial charge is 0.307 e. The number of thiophene rings is 1. The second-order valence-corrected chi connectivity index (χ2v) is 16.7. The summed E-state index contributed by atoms with van der Waals surface area (Å²) in [5, 5.41) is 7.63. The minimum atomic E-state index is 0.855. The molecule has 0 N–H and O–H groups in total. The first kappa shape index (κ1) is 34.0. The molecule has 4 aromatic heterocycles. The summed E-state index contributed by atoms with van der Waals surface area (Å²) in [7, 11) is 0. The molecule has 4 nitrogen and oxygen atoms in total. The number of aromatic nitrogens is 4. The van der Waals surface area contributed by atoms with Crippen LogP contribution in [0, 0.1) is 0 Å². The molecular weight excluding hydrogens is 761 g/mol. The molecule has 0 radical (unpaired) electrons. The third kappa shape index (κ3) is 5.05. The lowest BCUT2D eigenvalue weighted by Crippen LogP contribution is -2.01. The van der Waals surface area contributed by atoms with Crippen molar-refractivity contribution < 1.29 is 0 Å². The van der Waals surface area contributed by atoms with E-state index in [2.05, 4.69) is 191 Å². The van der Waals surface area contributed by atoms with Crippen molar-refractivity contribution in [2.24, 2.45) is 0 Å². The number of hydrogen-bond acceptors (Lipinski definition) is 3. The van der Waals surface area contributed by atoms with Gasteiger partial charge in [0.1, 0.15) is 0 Å². The Morgan fingerprint density at radius 1 is 0.377 bits per heavy atom. The van der Waals surface area contributed by atoms with E-state index in [0.717, 1.165) is 61.6 Å². The fraction of sp³-hybridized carbons (Fsp3) is 0. The van der Waals surface area contributed by atoms with Crippen LogP contribution in [-0.2, 0) is 0 Å². The van der Waals surface area contributed by atoms with Crippen molar-refractivity contribution in [3.05, 3.63) is 206 Å². The number of para-hydroxylation sites is 5. The van der Waals surface area contributed by atoms with E-state index in [-0.39, 0.29) is 0 Å². The Labute approximate surface area is 354 Å². The van der Waals surface area contributed by atoms with Crippen molar-refractivity contribution >= 4 is 86.2 Å². The van der Waals surface area contributed by atoms with Crippen LogP contribution in [0.2, 0.25) is 0 Å². The van der Waals surface area contributed by atoms with Crippen LogP contribution in [0.15, 0.2) is 206 Å². The zero-order chi connectivity index (χ0) is 40.0. The van der Waals surface area contributed by atoms with E-state index in [1.54, 1.807) is 0 Å². The van der Waals surface area contributed by atoms with Gasteiger partial charge in [-0.15, -0.1) is 11.3 Å². The summed E-state index contributed by atoms with van der Waals surface area (Å²) in [6.07, 6.45) is 0. The van der Waals surface area contributed by atoms with Gasteiger partial charge in [-0.25, -0.2) is 9.97 Å². The molecule has 5 heteroatoms. The third-order valence-electron chi connectivity index (χ3n) is 12.3. The molecule has 13 rings (SSSR count). The zero-order valence-corrected chi connectivity index (χ0v) is 33.6. The van der Waals surface area contributed by atoms with Crippen molar-refractivity contribution in [2.75, 3.05) is 0 Å². The van der Waals surface area contributed by atoms with Crippen LogP contribution in [0.25, 0.3) is 120 Å². The lowest BCUT2D eigenvalue weighted by molar-refractivity contribution is 1.15. The van der Waals surface area contributed by atoms with Gasteiger partial charge in [0, 0.05) is 64.1 Å². The van der Waals surface area contributed by atoms with Crippen LogP contribution in [0.1, 0.15) is 0 Å². The Hall–Kier alpha value is -7.86. The lowest BCUT2D eigenvalue weighted by Gasteiger charge is -2.18. The van der Waals surface area contributed by atoms with Crippen LogP contribution in [0.5, 0.6) is 0 Å². The maximum atomic E-state index is 5.34. The summed E-state index contributed by atoms with van der Waals surface area (Å²) in [5.41, 5.74) is 14.7. The molecule has 0 aliphatic carbocycles. The molecule has 13 aromatic rings. The van der Waals surface area contributed by atoms with E-state index in [0.29, 0.717) is 0 Å². The fourth-order valence-corrected chi connectivity index (χ4v) is 11.0. The third-order valence-corrected chi connectivity index (χ3v) is 13.5. The standard InChI is InChI=1S/C56H34N4S/c1-4-18-35(19-5-1)42-34-37(53-52(36-20-6-2-7-21-36)57-43-27-13-14-28-44(43)58-53)32-33-47(42)60-46-30-16-10-24-39(46)49-50-41-26-12-17-31-48(41)61-56(50)51-40-25-11-15-29-45(40)59(55(51)54(49)60)38-22-8-3-9-23-38/h1-34H. The molecule has 0 saturated carbocycles. The Morgan fingerprint density at radius 3 is 1.61 bits per heavy atom. The Balaban J connectivity index is 1.23. The van der Waals surface area contributed by atoms with Gasteiger partial charge in [-0.05, 0) is 60.2 Å². The van der Waals surface area contributed by atoms with Gasteiger partial charge < -0.3 is 9.13 Å². The average Bonchev–Trinajstić information content (AvgIpc) is 4.00. The lowest BCUT2D eigenvalue weighted by atomic mass is 9.97. The first-order valence-corrected chi connectivity index (χ1v) is 21.5. The van der Waals surface area contributed by atoms with Gasteiger partial charge >= 0.3 is 0 Å². The van der Waals surface area contributed by atoms with Gasteiger partial charge in [-0.2, -0.15) is 0 Å². The van der Waals surface area contributed by atoms with Crippen molar-refractivity contribution in [1.29, 1.82) is 0 Å². The zero-order valence-electron chi connectivity index (χ0n) is 32.8. The highest BCUT2D eigenvalue weighted by Gasteiger charge is 2.28. The first-order valence-electron chi connectivity index (χ1n) is 20.7. The average molecular weight is 795 g/mol. The number of rotatable bonds is 5. The molecule has 0 saturated heterocycles. The number of nitrogens with zero attached hydrogens (tertiary/aromatic N) is 4. The van der Waals surface area contributed by atoms with E-state index in [4.69, 9.17) is 9.97 Å². The number of fused-ring (bicyclic) bond motifs is 13. The van der Waals surface area contributed by atoms with Crippen molar-refractivity contribution in [1.82, 2.24) is 19.1 Å². The quantitative estimate of drug-likeness (QED) is 0.174. The van der Waals surface area contributed by atoms with Crippen LogP contribution in [0.4, 0.5) is 0 Å². The monoisotopic (exact) mass is 794 g/mol. The maximum Gasteiger partial charge on any atom is 0.0973 e. The molecule has 0 amide bonds. The molecular formula is C56H34N4S. The summed E-state index contributed by atoms with van der Waals surface area (Å²) in [4.78, 5) is 10.6. The van der Waals surface area contributed by atoms with Crippen LogP contribution < -0.4 is 0 Å². The second-order valence-electron chi connectivity index (χ2n) is 15.7. The topological polar surface area (TPSA) is 35.6 Å². The molecule has 0 aliphatic heterocycles. The van der Waals surface area contributed by atoms with Crippen LogP contribution >= 0.6 is 11.3 Å².